The van der Waals surface area contributed by atoms with Gasteiger partial charge in [0.2, 0.25) is 5.91 Å². The van der Waals surface area contributed by atoms with Crippen LogP contribution in [0.5, 0.6) is 5.75 Å². The molecule has 1 fully saturated rings. The maximum absolute atomic E-state index is 11.5. The van der Waals surface area contributed by atoms with E-state index in [0.29, 0.717) is 17.1 Å². The molecule has 0 spiro atoms. The van der Waals surface area contributed by atoms with Crippen molar-refractivity contribution in [2.45, 2.75) is 12.8 Å². The summed E-state index contributed by atoms with van der Waals surface area (Å²) in [6, 6.07) is 5.22. The zero-order valence-electron chi connectivity index (χ0n) is 8.62. The number of hydrogen-bond donors (Lipinski definition) is 2. The first kappa shape index (κ1) is 9.83. The summed E-state index contributed by atoms with van der Waals surface area (Å²) < 4.78 is 5.06. The fourth-order valence-electron chi connectivity index (χ4n) is 1.35. The van der Waals surface area contributed by atoms with Gasteiger partial charge in [0.1, 0.15) is 5.75 Å². The minimum absolute atomic E-state index is 0.0509. The zero-order valence-corrected chi connectivity index (χ0v) is 8.62. The van der Waals surface area contributed by atoms with Gasteiger partial charge in [-0.15, -0.1) is 0 Å². The van der Waals surface area contributed by atoms with Crippen LogP contribution in [0.1, 0.15) is 12.8 Å². The number of carbonyl (C=O) groups is 1. The predicted molar refractivity (Wildman–Crippen MR) is 58.8 cm³/mol. The summed E-state index contributed by atoms with van der Waals surface area (Å²) in [5, 5.41) is 2.80. The fraction of sp³-hybridized carbons (Fsp3) is 0.364. The molecule has 0 unspecified atom stereocenters. The van der Waals surface area contributed by atoms with Crippen molar-refractivity contribution >= 4 is 17.3 Å². The standard InChI is InChI=1S/C11H14N2O2/c1-15-8-4-5-9(12)10(6-8)13-11(14)7-2-3-7/h4-7H,2-3,12H2,1H3,(H,13,14). The van der Waals surface area contributed by atoms with Gasteiger partial charge in [0.15, 0.2) is 0 Å². The first-order valence-electron chi connectivity index (χ1n) is 4.95. The molecule has 0 aliphatic heterocycles. The van der Waals surface area contributed by atoms with Crippen molar-refractivity contribution in [3.05, 3.63) is 18.2 Å². The molecule has 0 bridgehead atoms. The van der Waals surface area contributed by atoms with Crippen molar-refractivity contribution in [1.29, 1.82) is 0 Å². The Bertz CT molecular complexity index is 386. The van der Waals surface area contributed by atoms with Gasteiger partial charge in [-0.3, -0.25) is 4.79 Å². The first-order valence-corrected chi connectivity index (χ1v) is 4.95. The summed E-state index contributed by atoms with van der Waals surface area (Å²) in [4.78, 5) is 11.5. The molecule has 0 heterocycles. The highest BCUT2D eigenvalue weighted by atomic mass is 16.5. The Morgan fingerprint density at radius 2 is 2.27 bits per heavy atom. The quantitative estimate of drug-likeness (QED) is 0.739. The van der Waals surface area contributed by atoms with Gasteiger partial charge in [0.05, 0.1) is 18.5 Å². The molecule has 1 saturated carbocycles. The molecule has 0 atom stereocenters. The van der Waals surface area contributed by atoms with Gasteiger partial charge >= 0.3 is 0 Å². The summed E-state index contributed by atoms with van der Waals surface area (Å²) in [6.45, 7) is 0. The van der Waals surface area contributed by atoms with Crippen molar-refractivity contribution < 1.29 is 9.53 Å². The molecule has 0 radical (unpaired) electrons. The maximum atomic E-state index is 11.5. The number of carbonyl (C=O) groups excluding carboxylic acids is 1. The Balaban J connectivity index is 2.14. The summed E-state index contributed by atoms with van der Waals surface area (Å²) in [5.74, 6) is 0.917. The van der Waals surface area contributed by atoms with Crippen LogP contribution in [0.4, 0.5) is 11.4 Å². The van der Waals surface area contributed by atoms with E-state index in [-0.39, 0.29) is 11.8 Å². The molecule has 1 aliphatic carbocycles. The minimum Gasteiger partial charge on any atom is -0.497 e. The third-order valence-electron chi connectivity index (χ3n) is 2.47. The summed E-state index contributed by atoms with van der Waals surface area (Å²) >= 11 is 0. The molecule has 0 aromatic heterocycles. The SMILES string of the molecule is COc1ccc(N)c(NC(=O)C2CC2)c1. The van der Waals surface area contributed by atoms with Crippen LogP contribution < -0.4 is 15.8 Å². The Hall–Kier alpha value is -1.71. The van der Waals surface area contributed by atoms with Crippen LogP contribution in [0.2, 0.25) is 0 Å². The lowest BCUT2D eigenvalue weighted by Crippen LogP contribution is -2.14. The largest absolute Gasteiger partial charge is 0.497 e. The molecule has 1 aliphatic rings. The Kier molecular flexibility index (Phi) is 2.49. The monoisotopic (exact) mass is 206 g/mol. The highest BCUT2D eigenvalue weighted by Crippen LogP contribution is 2.32. The molecule has 4 heteroatoms. The highest BCUT2D eigenvalue weighted by molar-refractivity contribution is 5.96. The van der Waals surface area contributed by atoms with Gasteiger partial charge in [-0.25, -0.2) is 0 Å². The average molecular weight is 206 g/mol. The lowest BCUT2D eigenvalue weighted by atomic mass is 10.2. The second-order valence-corrected chi connectivity index (χ2v) is 3.72. The van der Waals surface area contributed by atoms with Gasteiger partial charge < -0.3 is 15.8 Å². The van der Waals surface area contributed by atoms with E-state index in [2.05, 4.69) is 5.32 Å². The van der Waals surface area contributed by atoms with E-state index in [1.165, 1.54) is 0 Å². The second kappa shape index (κ2) is 3.81. The zero-order chi connectivity index (χ0) is 10.8. The highest BCUT2D eigenvalue weighted by Gasteiger charge is 2.29. The van der Waals surface area contributed by atoms with Crippen LogP contribution in [0, 0.1) is 5.92 Å². The number of nitrogen functional groups attached to an aromatic ring is 1. The Labute approximate surface area is 88.4 Å². The normalized spacial score (nSPS) is 14.7. The molecule has 1 aromatic carbocycles. The average Bonchev–Trinajstić information content (AvgIpc) is 3.04. The van der Waals surface area contributed by atoms with E-state index in [1.54, 1.807) is 25.3 Å². The number of rotatable bonds is 3. The van der Waals surface area contributed by atoms with E-state index in [1.807, 2.05) is 0 Å². The number of benzene rings is 1. The van der Waals surface area contributed by atoms with Crippen LogP contribution in [0.3, 0.4) is 0 Å². The number of ether oxygens (including phenoxy) is 1. The van der Waals surface area contributed by atoms with Crippen molar-refractivity contribution in [3.8, 4) is 5.75 Å². The molecule has 0 saturated heterocycles. The molecule has 3 N–H and O–H groups in total. The topological polar surface area (TPSA) is 64.3 Å². The summed E-state index contributed by atoms with van der Waals surface area (Å²) in [5.41, 5.74) is 6.93. The third kappa shape index (κ3) is 2.21. The summed E-state index contributed by atoms with van der Waals surface area (Å²) in [6.07, 6.45) is 1.96. The molecule has 1 amide bonds. The predicted octanol–water partition coefficient (Wildman–Crippen LogP) is 1.63. The lowest BCUT2D eigenvalue weighted by molar-refractivity contribution is -0.117. The van der Waals surface area contributed by atoms with Gasteiger partial charge in [-0.05, 0) is 25.0 Å². The van der Waals surface area contributed by atoms with Gasteiger partial charge in [-0.1, -0.05) is 0 Å². The number of hydrogen-bond acceptors (Lipinski definition) is 3. The minimum atomic E-state index is 0.0509. The molecule has 4 nitrogen and oxygen atoms in total. The smallest absolute Gasteiger partial charge is 0.227 e. The van der Waals surface area contributed by atoms with E-state index in [4.69, 9.17) is 10.5 Å². The Morgan fingerprint density at radius 1 is 1.53 bits per heavy atom. The van der Waals surface area contributed by atoms with Crippen LogP contribution in [0.15, 0.2) is 18.2 Å². The number of nitrogens with one attached hydrogen (secondary N) is 1. The molecular formula is C11H14N2O2. The van der Waals surface area contributed by atoms with Crippen molar-refractivity contribution in [2.75, 3.05) is 18.2 Å². The first-order chi connectivity index (χ1) is 7.20. The molecule has 2 rings (SSSR count). The van der Waals surface area contributed by atoms with Crippen LogP contribution in [-0.4, -0.2) is 13.0 Å². The van der Waals surface area contributed by atoms with E-state index >= 15 is 0 Å². The van der Waals surface area contributed by atoms with Gasteiger partial charge in [-0.2, -0.15) is 0 Å². The Morgan fingerprint density at radius 3 is 2.87 bits per heavy atom. The number of methoxy groups -OCH3 is 1. The van der Waals surface area contributed by atoms with Crippen molar-refractivity contribution in [1.82, 2.24) is 0 Å². The molecule has 80 valence electrons. The molecule has 1 aromatic rings. The maximum Gasteiger partial charge on any atom is 0.227 e. The van der Waals surface area contributed by atoms with Crippen molar-refractivity contribution in [2.24, 2.45) is 5.92 Å². The van der Waals surface area contributed by atoms with Crippen LogP contribution >= 0.6 is 0 Å². The summed E-state index contributed by atoms with van der Waals surface area (Å²) in [7, 11) is 1.58. The number of anilines is 2. The lowest BCUT2D eigenvalue weighted by Gasteiger charge is -2.09. The van der Waals surface area contributed by atoms with Gasteiger partial charge in [0, 0.05) is 12.0 Å². The second-order valence-electron chi connectivity index (χ2n) is 3.72. The van der Waals surface area contributed by atoms with E-state index in [0.717, 1.165) is 12.8 Å². The van der Waals surface area contributed by atoms with Crippen LogP contribution in [0.25, 0.3) is 0 Å². The van der Waals surface area contributed by atoms with E-state index < -0.39 is 0 Å². The van der Waals surface area contributed by atoms with Crippen molar-refractivity contribution in [3.63, 3.8) is 0 Å². The van der Waals surface area contributed by atoms with Crippen LogP contribution in [-0.2, 0) is 4.79 Å². The van der Waals surface area contributed by atoms with Gasteiger partial charge in [0.25, 0.3) is 0 Å². The third-order valence-corrected chi connectivity index (χ3v) is 2.47. The van der Waals surface area contributed by atoms with E-state index in [9.17, 15) is 4.79 Å². The molecular weight excluding hydrogens is 192 g/mol. The molecule has 15 heavy (non-hydrogen) atoms. The fourth-order valence-corrected chi connectivity index (χ4v) is 1.35. The number of amides is 1. The number of nitrogens with two attached hydrogens (primary N) is 1.